The third kappa shape index (κ3) is 4.65. The Morgan fingerprint density at radius 3 is 1.00 bits per heavy atom. The Hall–Kier alpha value is -7.02. The molecule has 0 unspecified atom stereocenters. The van der Waals surface area contributed by atoms with E-state index in [1.165, 1.54) is 21.5 Å². The summed E-state index contributed by atoms with van der Waals surface area (Å²) in [7, 11) is -3.92. The number of hydrogen-bond donors (Lipinski definition) is 0. The highest BCUT2D eigenvalue weighted by Crippen LogP contribution is 2.40. The van der Waals surface area contributed by atoms with Gasteiger partial charge in [0.15, 0.2) is 5.78 Å². The molecule has 55 heavy (non-hydrogen) atoms. The molecule has 0 fully saturated rings. The van der Waals surface area contributed by atoms with Gasteiger partial charge in [-0.3, -0.25) is 4.79 Å². The van der Waals surface area contributed by atoms with Gasteiger partial charge >= 0.3 is 0 Å². The SMILES string of the molecule is O=C1c2cc(-c3ccc(-n4c5ccccc5c5ccccc54)cc3)ccc2S(=O)(=O)c2ccc(-c3ccc(-n4c5ccccc5c5ccccc54)cc3)cc21. The van der Waals surface area contributed by atoms with Gasteiger partial charge in [-0.1, -0.05) is 109 Å². The van der Waals surface area contributed by atoms with E-state index in [2.05, 4.69) is 130 Å². The quantitative estimate of drug-likeness (QED) is 0.181. The van der Waals surface area contributed by atoms with Crippen LogP contribution in [0.1, 0.15) is 15.9 Å². The van der Waals surface area contributed by atoms with Gasteiger partial charge in [-0.15, -0.1) is 0 Å². The van der Waals surface area contributed by atoms with Crippen molar-refractivity contribution in [1.82, 2.24) is 9.13 Å². The molecule has 0 aliphatic carbocycles. The normalized spacial score (nSPS) is 13.4. The molecule has 6 heteroatoms. The fourth-order valence-electron chi connectivity index (χ4n) is 8.51. The molecule has 10 aromatic rings. The Bertz CT molecular complexity index is 3010. The van der Waals surface area contributed by atoms with Crippen molar-refractivity contribution >= 4 is 59.2 Å². The monoisotopic (exact) mass is 726 g/mol. The summed E-state index contributed by atoms with van der Waals surface area (Å²) in [5.74, 6) is -0.299. The summed E-state index contributed by atoms with van der Waals surface area (Å²) in [6, 6.07) is 60.1. The van der Waals surface area contributed by atoms with Crippen LogP contribution in [0.25, 0.3) is 77.2 Å². The fraction of sp³-hybridized carbons (Fsp3) is 0. The van der Waals surface area contributed by atoms with Gasteiger partial charge in [0, 0.05) is 44.0 Å². The Balaban J connectivity index is 0.942. The van der Waals surface area contributed by atoms with Crippen LogP contribution in [0.3, 0.4) is 0 Å². The zero-order valence-corrected chi connectivity index (χ0v) is 30.2. The van der Waals surface area contributed by atoms with E-state index in [0.717, 1.165) is 55.7 Å². The maximum Gasteiger partial charge on any atom is 0.208 e. The lowest BCUT2D eigenvalue weighted by atomic mass is 9.95. The number of ketones is 1. The van der Waals surface area contributed by atoms with Gasteiger partial charge in [0.1, 0.15) is 0 Å². The van der Waals surface area contributed by atoms with E-state index in [9.17, 15) is 13.2 Å². The summed E-state index contributed by atoms with van der Waals surface area (Å²) >= 11 is 0. The Morgan fingerprint density at radius 2 is 0.655 bits per heavy atom. The second kappa shape index (κ2) is 11.7. The lowest BCUT2D eigenvalue weighted by Crippen LogP contribution is -2.20. The molecule has 0 saturated heterocycles. The smallest absolute Gasteiger partial charge is 0.208 e. The lowest BCUT2D eigenvalue weighted by molar-refractivity contribution is 0.103. The summed E-state index contributed by atoms with van der Waals surface area (Å²) in [6.07, 6.45) is 0. The number of carbonyl (C=O) groups is 1. The number of carbonyl (C=O) groups excluding carboxylic acids is 1. The number of benzene rings is 8. The molecule has 0 N–H and O–H groups in total. The minimum atomic E-state index is -3.92. The van der Waals surface area contributed by atoms with E-state index < -0.39 is 9.84 Å². The zero-order valence-electron chi connectivity index (χ0n) is 29.3. The van der Waals surface area contributed by atoms with Gasteiger partial charge in [-0.05, 0) is 95.1 Å². The summed E-state index contributed by atoms with van der Waals surface area (Å²) in [6.45, 7) is 0. The highest BCUT2D eigenvalue weighted by Gasteiger charge is 2.35. The summed E-state index contributed by atoms with van der Waals surface area (Å²) in [4.78, 5) is 14.3. The van der Waals surface area contributed by atoms with E-state index in [1.807, 2.05) is 24.3 Å². The van der Waals surface area contributed by atoms with Crippen molar-refractivity contribution in [3.05, 3.63) is 193 Å². The molecule has 0 bridgehead atoms. The average molecular weight is 727 g/mol. The van der Waals surface area contributed by atoms with Crippen molar-refractivity contribution in [1.29, 1.82) is 0 Å². The van der Waals surface area contributed by atoms with Crippen LogP contribution in [0.5, 0.6) is 0 Å². The van der Waals surface area contributed by atoms with E-state index in [0.29, 0.717) is 0 Å². The number of para-hydroxylation sites is 4. The van der Waals surface area contributed by atoms with Crippen LogP contribution in [-0.4, -0.2) is 23.3 Å². The average Bonchev–Trinajstić information content (AvgIpc) is 3.76. The molecule has 11 rings (SSSR count). The van der Waals surface area contributed by atoms with Crippen LogP contribution in [-0.2, 0) is 9.84 Å². The van der Waals surface area contributed by atoms with Crippen molar-refractivity contribution in [3.63, 3.8) is 0 Å². The number of fused-ring (bicyclic) bond motifs is 8. The zero-order chi connectivity index (χ0) is 36.8. The Kier molecular flexibility index (Phi) is 6.72. The second-order valence-electron chi connectivity index (χ2n) is 14.1. The lowest BCUT2D eigenvalue weighted by Gasteiger charge is -2.20. The number of sulfone groups is 1. The molecule has 0 saturated carbocycles. The molecule has 0 amide bonds. The summed E-state index contributed by atoms with van der Waals surface area (Å²) < 4.78 is 32.4. The van der Waals surface area contributed by atoms with Crippen LogP contribution in [0.2, 0.25) is 0 Å². The predicted molar refractivity (Wildman–Crippen MR) is 221 cm³/mol. The van der Waals surface area contributed by atoms with Crippen LogP contribution >= 0.6 is 0 Å². The second-order valence-corrected chi connectivity index (χ2v) is 16.0. The van der Waals surface area contributed by atoms with Crippen LogP contribution in [0, 0.1) is 0 Å². The maximum absolute atomic E-state index is 14.2. The van der Waals surface area contributed by atoms with E-state index >= 15 is 0 Å². The Morgan fingerprint density at radius 1 is 0.345 bits per heavy atom. The van der Waals surface area contributed by atoms with E-state index in [4.69, 9.17) is 0 Å². The predicted octanol–water partition coefficient (Wildman–Crippen LogP) is 11.6. The third-order valence-electron chi connectivity index (χ3n) is 11.1. The molecule has 1 aliphatic heterocycles. The Labute approximate surface area is 316 Å². The van der Waals surface area contributed by atoms with Gasteiger partial charge in [0.05, 0.1) is 31.9 Å². The minimum Gasteiger partial charge on any atom is -0.309 e. The molecule has 5 nitrogen and oxygen atoms in total. The van der Waals surface area contributed by atoms with Crippen LogP contribution in [0.15, 0.2) is 192 Å². The third-order valence-corrected chi connectivity index (χ3v) is 13.0. The minimum absolute atomic E-state index is 0.0407. The first-order chi connectivity index (χ1) is 27.0. The molecule has 0 atom stereocenters. The molecule has 0 spiro atoms. The molecular weight excluding hydrogens is 697 g/mol. The number of aromatic nitrogens is 2. The largest absolute Gasteiger partial charge is 0.309 e. The summed E-state index contributed by atoms with van der Waals surface area (Å²) in [5, 5.41) is 4.76. The van der Waals surface area contributed by atoms with Crippen molar-refractivity contribution in [3.8, 4) is 33.6 Å². The molecule has 0 radical (unpaired) electrons. The number of hydrogen-bond acceptors (Lipinski definition) is 3. The van der Waals surface area contributed by atoms with Crippen LogP contribution < -0.4 is 0 Å². The summed E-state index contributed by atoms with van der Waals surface area (Å²) in [5.41, 5.74) is 10.2. The van der Waals surface area contributed by atoms with Crippen molar-refractivity contribution in [2.45, 2.75) is 9.79 Å². The first kappa shape index (κ1) is 31.5. The molecule has 8 aromatic carbocycles. The molecule has 260 valence electrons. The first-order valence-electron chi connectivity index (χ1n) is 18.2. The number of rotatable bonds is 4. The molecular formula is C49H30N2O3S. The van der Waals surface area contributed by atoms with Gasteiger partial charge in [0.25, 0.3) is 0 Å². The highest BCUT2D eigenvalue weighted by atomic mass is 32.2. The van der Waals surface area contributed by atoms with Crippen LogP contribution in [0.4, 0.5) is 0 Å². The first-order valence-corrected chi connectivity index (χ1v) is 19.7. The van der Waals surface area contributed by atoms with Gasteiger partial charge in [-0.25, -0.2) is 8.42 Å². The number of nitrogens with zero attached hydrogens (tertiary/aromatic N) is 2. The van der Waals surface area contributed by atoms with Crippen molar-refractivity contribution in [2.75, 3.05) is 0 Å². The topological polar surface area (TPSA) is 61.1 Å². The van der Waals surface area contributed by atoms with Crippen molar-refractivity contribution in [2.24, 2.45) is 0 Å². The fourth-order valence-corrected chi connectivity index (χ4v) is 10.1. The molecule has 2 aromatic heterocycles. The molecule has 3 heterocycles. The van der Waals surface area contributed by atoms with Gasteiger partial charge in [-0.2, -0.15) is 0 Å². The van der Waals surface area contributed by atoms with Gasteiger partial charge in [0.2, 0.25) is 9.84 Å². The highest BCUT2D eigenvalue weighted by molar-refractivity contribution is 7.91. The standard InChI is InChI=1S/C49H30N2O3S/c52-49-41-29-33(31-17-23-35(24-18-31)50-43-13-5-1-9-37(43)38-10-2-6-14-44(38)50)21-27-47(41)55(53,54)48-28-22-34(30-42(48)49)32-19-25-36(26-20-32)51-45-15-7-3-11-39(45)40-12-4-8-16-46(40)51/h1-30H. The maximum atomic E-state index is 14.2. The van der Waals surface area contributed by atoms with E-state index in [-0.39, 0.29) is 26.7 Å². The van der Waals surface area contributed by atoms with E-state index in [1.54, 1.807) is 36.4 Å². The molecule has 1 aliphatic rings. The van der Waals surface area contributed by atoms with Crippen molar-refractivity contribution < 1.29 is 13.2 Å². The van der Waals surface area contributed by atoms with Gasteiger partial charge < -0.3 is 9.13 Å².